The Morgan fingerprint density at radius 3 is 1.90 bits per heavy atom. The average molecular weight is 601 g/mol. The molecule has 0 spiro atoms. The van der Waals surface area contributed by atoms with Crippen molar-refractivity contribution in [2.45, 2.75) is 18.5 Å². The minimum atomic E-state index is -1.95. The number of carbonyl (C=O) groups excluding carboxylic acids is 2. The first-order valence-corrected chi connectivity index (χ1v) is 16.4. The van der Waals surface area contributed by atoms with E-state index in [2.05, 4.69) is 3.08 Å². The number of hydrogen-bond donors (Lipinski definition) is 2. The SMILES string of the molecule is [CH3][Hg][NH]C(=O)C1C(C(N)=O)C2(Cl)C(Cl)=C(Cl)C1(Cl)C2(Cl)Cl. The van der Waals surface area contributed by atoms with Gasteiger partial charge < -0.3 is 0 Å². The van der Waals surface area contributed by atoms with E-state index >= 15 is 0 Å². The van der Waals surface area contributed by atoms with Crippen molar-refractivity contribution in [3.05, 3.63) is 10.1 Å². The maximum absolute atomic E-state index is 12.4. The summed E-state index contributed by atoms with van der Waals surface area (Å²) in [4.78, 5) is 20.6. The van der Waals surface area contributed by atoms with E-state index in [-0.39, 0.29) is 10.1 Å². The van der Waals surface area contributed by atoms with Crippen LogP contribution in [0.1, 0.15) is 0 Å². The number of hydrogen-bond acceptors (Lipinski definition) is 2. The number of amides is 2. The molecule has 1 saturated carbocycles. The zero-order valence-electron chi connectivity index (χ0n) is 10.5. The summed E-state index contributed by atoms with van der Waals surface area (Å²) in [6.45, 7) is 0. The van der Waals surface area contributed by atoms with E-state index in [1.807, 2.05) is 4.43 Å². The third-order valence-electron chi connectivity index (χ3n) is 3.88. The molecule has 21 heavy (non-hydrogen) atoms. The summed E-state index contributed by atoms with van der Waals surface area (Å²) < 4.78 is 2.73. The van der Waals surface area contributed by atoms with Gasteiger partial charge in [-0.15, -0.1) is 0 Å². The topological polar surface area (TPSA) is 72.2 Å². The molecule has 0 radical (unpaired) electrons. The van der Waals surface area contributed by atoms with Crippen LogP contribution in [0.5, 0.6) is 0 Å². The fraction of sp³-hybridized carbons (Fsp3) is 0.600. The molecule has 4 unspecified atom stereocenters. The van der Waals surface area contributed by atoms with Gasteiger partial charge in [0.2, 0.25) is 0 Å². The summed E-state index contributed by atoms with van der Waals surface area (Å²) in [5.74, 6) is -3.79. The number of nitrogens with one attached hydrogen (secondary N) is 1. The molecule has 2 aliphatic rings. The fourth-order valence-electron chi connectivity index (χ4n) is 2.96. The first-order chi connectivity index (χ1) is 9.49. The number of nitrogens with two attached hydrogens (primary N) is 1. The molecule has 2 bridgehead atoms. The molecule has 114 valence electrons. The van der Waals surface area contributed by atoms with Gasteiger partial charge in [0, 0.05) is 0 Å². The number of fused-ring (bicyclic) bond motifs is 2. The monoisotopic (exact) mass is 600 g/mol. The first-order valence-electron chi connectivity index (χ1n) is 5.88. The molecule has 0 aliphatic heterocycles. The van der Waals surface area contributed by atoms with Crippen molar-refractivity contribution in [1.29, 1.82) is 0 Å². The molecular formula is C10H8Cl6HgN2O2. The molecule has 2 aliphatic carbocycles. The molecule has 4 nitrogen and oxygen atoms in total. The van der Waals surface area contributed by atoms with Crippen LogP contribution in [0.25, 0.3) is 0 Å². The van der Waals surface area contributed by atoms with Gasteiger partial charge >= 0.3 is 165 Å². The molecule has 2 amide bonds. The van der Waals surface area contributed by atoms with Crippen LogP contribution in [-0.2, 0) is 34.5 Å². The molecule has 11 heteroatoms. The van der Waals surface area contributed by atoms with Crippen molar-refractivity contribution in [1.82, 2.24) is 3.08 Å². The van der Waals surface area contributed by atoms with E-state index in [1.165, 1.54) is 0 Å². The summed E-state index contributed by atoms with van der Waals surface area (Å²) in [7, 11) is 0. The van der Waals surface area contributed by atoms with E-state index in [4.69, 9.17) is 75.3 Å². The molecule has 0 aromatic heterocycles. The second kappa shape index (κ2) is 5.71. The minimum absolute atomic E-state index is 0.128. The van der Waals surface area contributed by atoms with Crippen LogP contribution in [0.2, 0.25) is 4.43 Å². The predicted molar refractivity (Wildman–Crippen MR) is 80.5 cm³/mol. The number of alkyl halides is 4. The Balaban J connectivity index is 2.73. The maximum atomic E-state index is 12.4. The molecule has 4 atom stereocenters. The second-order valence-electron chi connectivity index (χ2n) is 4.88. The van der Waals surface area contributed by atoms with E-state index in [9.17, 15) is 9.59 Å². The van der Waals surface area contributed by atoms with E-state index in [0.29, 0.717) is 0 Å². The molecular weight excluding hydrogens is 593 g/mol. The zero-order valence-corrected chi connectivity index (χ0v) is 20.6. The Morgan fingerprint density at radius 1 is 1.10 bits per heavy atom. The van der Waals surface area contributed by atoms with Gasteiger partial charge in [-0.25, -0.2) is 0 Å². The third-order valence-corrected chi connectivity index (χ3v) is 10.9. The van der Waals surface area contributed by atoms with Gasteiger partial charge in [-0.3, -0.25) is 0 Å². The van der Waals surface area contributed by atoms with Crippen molar-refractivity contribution < 1.29 is 34.5 Å². The molecule has 0 saturated heterocycles. The zero-order chi connectivity index (χ0) is 16.4. The van der Waals surface area contributed by atoms with Crippen molar-refractivity contribution in [2.24, 2.45) is 17.6 Å². The molecule has 0 heterocycles. The Morgan fingerprint density at radius 2 is 1.52 bits per heavy atom. The van der Waals surface area contributed by atoms with Crippen LogP contribution < -0.4 is 8.81 Å². The van der Waals surface area contributed by atoms with E-state index < -0.39 is 62.6 Å². The van der Waals surface area contributed by atoms with E-state index in [1.54, 1.807) is 0 Å². The summed E-state index contributed by atoms with van der Waals surface area (Å²) in [5.41, 5.74) is 5.40. The van der Waals surface area contributed by atoms with Crippen LogP contribution in [0.4, 0.5) is 0 Å². The van der Waals surface area contributed by atoms with Gasteiger partial charge in [0.05, 0.1) is 0 Å². The molecule has 0 aromatic carbocycles. The Bertz CT molecular complexity index is 570. The molecule has 1 fully saturated rings. The third kappa shape index (κ3) is 2.06. The van der Waals surface area contributed by atoms with Crippen molar-refractivity contribution in [3.8, 4) is 0 Å². The van der Waals surface area contributed by atoms with Crippen molar-refractivity contribution >= 4 is 81.4 Å². The van der Waals surface area contributed by atoms with Crippen molar-refractivity contribution in [3.63, 3.8) is 0 Å². The number of carbonyl (C=O) groups is 2. The van der Waals surface area contributed by atoms with Gasteiger partial charge in [-0.1, -0.05) is 0 Å². The fourth-order valence-corrected chi connectivity index (χ4v) is 8.12. The van der Waals surface area contributed by atoms with Crippen LogP contribution >= 0.6 is 69.6 Å². The Labute approximate surface area is 163 Å². The predicted octanol–water partition coefficient (Wildman–Crippen LogP) is 2.71. The average Bonchev–Trinajstić information content (AvgIpc) is 2.58. The number of rotatable bonds is 3. The second-order valence-corrected chi connectivity index (χ2v) is 12.3. The Kier molecular flexibility index (Phi) is 5.08. The van der Waals surface area contributed by atoms with Gasteiger partial charge in [0.25, 0.3) is 0 Å². The number of allylic oxidation sites excluding steroid dienone is 2. The van der Waals surface area contributed by atoms with Crippen LogP contribution in [0.15, 0.2) is 10.1 Å². The molecule has 3 N–H and O–H groups in total. The summed E-state index contributed by atoms with van der Waals surface area (Å²) in [6.07, 6.45) is 0. The van der Waals surface area contributed by atoms with Gasteiger partial charge in [-0.05, 0) is 0 Å². The summed E-state index contributed by atoms with van der Waals surface area (Å²) in [5, 5.41) is -0.281. The normalized spacial score (nSPS) is 40.1. The number of halogens is 6. The van der Waals surface area contributed by atoms with Crippen LogP contribution in [-0.4, -0.2) is 25.9 Å². The van der Waals surface area contributed by atoms with E-state index in [0.717, 1.165) is 0 Å². The van der Waals surface area contributed by atoms with Crippen LogP contribution in [0, 0.1) is 11.8 Å². The van der Waals surface area contributed by atoms with Gasteiger partial charge in [-0.2, -0.15) is 0 Å². The number of primary amides is 1. The van der Waals surface area contributed by atoms with Crippen LogP contribution in [0.3, 0.4) is 0 Å². The summed E-state index contributed by atoms with van der Waals surface area (Å²) >= 11 is 36.2. The van der Waals surface area contributed by atoms with Gasteiger partial charge in [0.1, 0.15) is 0 Å². The first kappa shape index (κ1) is 18.7. The Hall–Kier alpha value is 1.36. The van der Waals surface area contributed by atoms with Crippen molar-refractivity contribution in [2.75, 3.05) is 0 Å². The summed E-state index contributed by atoms with van der Waals surface area (Å²) in [6, 6.07) is 0. The standard InChI is InChI=1S/C9H6Cl6N2O2.CH3.Hg/c10-3-4(11)8(13)2(6(17)19)1(5(16)18)7(3,12)9(8,14)15;;/h1-2H,(H4,16,17,18,19);1H3;/q;;+1/p-1. The molecule has 0 aromatic rings. The van der Waals surface area contributed by atoms with Gasteiger partial charge in [0.15, 0.2) is 0 Å². The quantitative estimate of drug-likeness (QED) is 0.386. The molecule has 2 rings (SSSR count).